The molecule has 0 aliphatic heterocycles. The number of amides is 1. The molecule has 3 aromatic rings. The van der Waals surface area contributed by atoms with Gasteiger partial charge in [-0.25, -0.2) is 0 Å². The lowest BCUT2D eigenvalue weighted by atomic mass is 9.98. The van der Waals surface area contributed by atoms with E-state index in [4.69, 9.17) is 4.74 Å². The molecule has 4 nitrogen and oxygen atoms in total. The van der Waals surface area contributed by atoms with Gasteiger partial charge in [-0.1, -0.05) is 49.4 Å². The summed E-state index contributed by atoms with van der Waals surface area (Å²) in [6.07, 6.45) is 11.3. The summed E-state index contributed by atoms with van der Waals surface area (Å²) >= 11 is 1.61. The van der Waals surface area contributed by atoms with E-state index in [2.05, 4.69) is 66.6 Å². The van der Waals surface area contributed by atoms with E-state index in [0.29, 0.717) is 18.7 Å². The Morgan fingerprint density at radius 3 is 2.65 bits per heavy atom. The van der Waals surface area contributed by atoms with Crippen molar-refractivity contribution in [1.82, 2.24) is 10.3 Å². The van der Waals surface area contributed by atoms with Gasteiger partial charge in [-0.3, -0.25) is 9.78 Å². The number of carbonyl (C=O) groups excluding carboxylic acids is 1. The zero-order valence-corrected chi connectivity index (χ0v) is 21.1. The molecule has 3 rings (SSSR count). The van der Waals surface area contributed by atoms with E-state index < -0.39 is 0 Å². The topological polar surface area (TPSA) is 51.2 Å². The molecule has 1 aromatic heterocycles. The SMILES string of the molecule is C/C=C(\C=C/CC)c1cccc(-c2ccnc(CNC(=O)c3ccc(COC)c(SC)c3)c2)c1. The molecular formula is C29H32N2O2S. The second-order valence-corrected chi connectivity index (χ2v) is 8.66. The highest BCUT2D eigenvalue weighted by atomic mass is 32.2. The number of allylic oxidation sites excluding steroid dienone is 4. The summed E-state index contributed by atoms with van der Waals surface area (Å²) in [5.74, 6) is -0.117. The Hall–Kier alpha value is -3.15. The quantitative estimate of drug-likeness (QED) is 0.257. The van der Waals surface area contributed by atoms with Crippen LogP contribution in [0.15, 0.2) is 83.9 Å². The van der Waals surface area contributed by atoms with Gasteiger partial charge in [-0.15, -0.1) is 11.8 Å². The third-order valence-corrected chi connectivity index (χ3v) is 6.29. The van der Waals surface area contributed by atoms with E-state index in [1.807, 2.05) is 36.6 Å². The van der Waals surface area contributed by atoms with Crippen molar-refractivity contribution in [3.8, 4) is 11.1 Å². The fourth-order valence-electron chi connectivity index (χ4n) is 3.67. The average Bonchev–Trinajstić information content (AvgIpc) is 2.88. The molecule has 176 valence electrons. The molecule has 0 bridgehead atoms. The monoisotopic (exact) mass is 472 g/mol. The zero-order chi connectivity index (χ0) is 24.3. The molecule has 1 heterocycles. The van der Waals surface area contributed by atoms with Crippen molar-refractivity contribution in [1.29, 1.82) is 0 Å². The molecule has 0 saturated heterocycles. The van der Waals surface area contributed by atoms with Crippen molar-refractivity contribution in [2.24, 2.45) is 0 Å². The number of benzene rings is 2. The summed E-state index contributed by atoms with van der Waals surface area (Å²) < 4.78 is 5.24. The van der Waals surface area contributed by atoms with Crippen molar-refractivity contribution in [2.45, 2.75) is 38.3 Å². The normalized spacial score (nSPS) is 11.7. The molecule has 0 saturated carbocycles. The summed E-state index contributed by atoms with van der Waals surface area (Å²) in [4.78, 5) is 18.3. The largest absolute Gasteiger partial charge is 0.380 e. The van der Waals surface area contributed by atoms with Crippen LogP contribution < -0.4 is 5.32 Å². The van der Waals surface area contributed by atoms with E-state index in [9.17, 15) is 4.79 Å². The number of nitrogens with zero attached hydrogens (tertiary/aromatic N) is 1. The lowest BCUT2D eigenvalue weighted by Crippen LogP contribution is -2.23. The van der Waals surface area contributed by atoms with Gasteiger partial charge in [0.05, 0.1) is 18.8 Å². The molecule has 0 atom stereocenters. The van der Waals surface area contributed by atoms with E-state index in [1.165, 1.54) is 11.1 Å². The van der Waals surface area contributed by atoms with Gasteiger partial charge < -0.3 is 10.1 Å². The summed E-state index contributed by atoms with van der Waals surface area (Å²) in [6, 6.07) is 18.2. The Kier molecular flexibility index (Phi) is 9.68. The van der Waals surface area contributed by atoms with Crippen molar-refractivity contribution < 1.29 is 9.53 Å². The number of pyridine rings is 1. The Bertz CT molecular complexity index is 1180. The summed E-state index contributed by atoms with van der Waals surface area (Å²) in [6.45, 7) is 5.08. The van der Waals surface area contributed by atoms with Gasteiger partial charge in [0.25, 0.3) is 5.91 Å². The maximum absolute atomic E-state index is 12.8. The van der Waals surface area contributed by atoms with Crippen LogP contribution in [0.1, 0.15) is 47.4 Å². The Labute approximate surface area is 207 Å². The molecule has 5 heteroatoms. The second-order valence-electron chi connectivity index (χ2n) is 7.81. The second kappa shape index (κ2) is 12.9. The summed E-state index contributed by atoms with van der Waals surface area (Å²) in [5.41, 5.74) is 7.10. The fraction of sp³-hybridized carbons (Fsp3) is 0.241. The van der Waals surface area contributed by atoms with Crippen molar-refractivity contribution >= 4 is 23.2 Å². The number of carbonyl (C=O) groups is 1. The van der Waals surface area contributed by atoms with E-state index in [1.54, 1.807) is 25.1 Å². The smallest absolute Gasteiger partial charge is 0.251 e. The minimum atomic E-state index is -0.117. The third-order valence-electron chi connectivity index (χ3n) is 5.47. The number of thioether (sulfide) groups is 1. The van der Waals surface area contributed by atoms with Crippen molar-refractivity contribution in [3.63, 3.8) is 0 Å². The van der Waals surface area contributed by atoms with Crippen LogP contribution in [0.2, 0.25) is 0 Å². The maximum atomic E-state index is 12.8. The molecule has 1 N–H and O–H groups in total. The molecule has 0 fully saturated rings. The van der Waals surface area contributed by atoms with Gasteiger partial charge in [-0.05, 0) is 77.8 Å². The molecule has 0 aliphatic rings. The minimum absolute atomic E-state index is 0.117. The highest BCUT2D eigenvalue weighted by Gasteiger charge is 2.10. The van der Waals surface area contributed by atoms with Crippen LogP contribution in [0.25, 0.3) is 16.7 Å². The number of aromatic nitrogens is 1. The lowest BCUT2D eigenvalue weighted by molar-refractivity contribution is 0.0950. The first-order valence-electron chi connectivity index (χ1n) is 11.4. The summed E-state index contributed by atoms with van der Waals surface area (Å²) in [7, 11) is 1.67. The maximum Gasteiger partial charge on any atom is 0.251 e. The van der Waals surface area contributed by atoms with Crippen LogP contribution in [-0.2, 0) is 17.9 Å². The molecule has 0 radical (unpaired) electrons. The van der Waals surface area contributed by atoms with Gasteiger partial charge in [0.1, 0.15) is 0 Å². The molecule has 2 aromatic carbocycles. The molecule has 1 amide bonds. The lowest BCUT2D eigenvalue weighted by Gasteiger charge is -2.11. The van der Waals surface area contributed by atoms with Crippen LogP contribution in [0.5, 0.6) is 0 Å². The van der Waals surface area contributed by atoms with Gasteiger partial charge in [0.15, 0.2) is 0 Å². The van der Waals surface area contributed by atoms with Crippen molar-refractivity contribution in [3.05, 3.63) is 101 Å². The number of methoxy groups -OCH3 is 1. The summed E-state index contributed by atoms with van der Waals surface area (Å²) in [5, 5.41) is 3.00. The zero-order valence-electron chi connectivity index (χ0n) is 20.3. The average molecular weight is 473 g/mol. The predicted octanol–water partition coefficient (Wildman–Crippen LogP) is 6.92. The number of hydrogen-bond acceptors (Lipinski definition) is 4. The molecular weight excluding hydrogens is 440 g/mol. The Balaban J connectivity index is 1.74. The number of rotatable bonds is 10. The van der Waals surface area contributed by atoms with E-state index in [0.717, 1.165) is 33.7 Å². The Morgan fingerprint density at radius 1 is 1.09 bits per heavy atom. The van der Waals surface area contributed by atoms with Gasteiger partial charge in [0, 0.05) is 23.8 Å². The third kappa shape index (κ3) is 6.69. The molecule has 0 spiro atoms. The van der Waals surface area contributed by atoms with Crippen LogP contribution in [0, 0.1) is 0 Å². The highest BCUT2D eigenvalue weighted by molar-refractivity contribution is 7.98. The van der Waals surface area contributed by atoms with Gasteiger partial charge in [0.2, 0.25) is 0 Å². The van der Waals surface area contributed by atoms with E-state index >= 15 is 0 Å². The van der Waals surface area contributed by atoms with Crippen LogP contribution >= 0.6 is 11.8 Å². The van der Waals surface area contributed by atoms with Crippen LogP contribution in [-0.4, -0.2) is 24.3 Å². The van der Waals surface area contributed by atoms with Gasteiger partial charge in [-0.2, -0.15) is 0 Å². The molecule has 34 heavy (non-hydrogen) atoms. The van der Waals surface area contributed by atoms with Crippen LogP contribution in [0.3, 0.4) is 0 Å². The minimum Gasteiger partial charge on any atom is -0.380 e. The number of ether oxygens (including phenoxy) is 1. The first-order valence-corrected chi connectivity index (χ1v) is 12.6. The first-order chi connectivity index (χ1) is 16.6. The standard InChI is InChI=1S/C29H32N2O2S/c1-5-7-9-21(6-2)22-10-8-11-23(16-22)24-14-15-30-27(17-24)19-31-29(32)25-12-13-26(20-33-3)28(18-25)34-4/h6-18H,5,19-20H2,1-4H3,(H,31,32)/b9-7-,21-6+. The molecule has 0 aliphatic carbocycles. The van der Waals surface area contributed by atoms with Crippen LogP contribution in [0.4, 0.5) is 0 Å². The number of hydrogen-bond donors (Lipinski definition) is 1. The highest BCUT2D eigenvalue weighted by Crippen LogP contribution is 2.25. The predicted molar refractivity (Wildman–Crippen MR) is 143 cm³/mol. The van der Waals surface area contributed by atoms with Crippen molar-refractivity contribution in [2.75, 3.05) is 13.4 Å². The first kappa shape index (κ1) is 25.5. The van der Waals surface area contributed by atoms with E-state index in [-0.39, 0.29) is 5.91 Å². The molecule has 0 unspecified atom stereocenters. The Morgan fingerprint density at radius 2 is 1.91 bits per heavy atom. The van der Waals surface area contributed by atoms with Gasteiger partial charge >= 0.3 is 0 Å². The number of nitrogens with one attached hydrogen (secondary N) is 1. The fourth-order valence-corrected chi connectivity index (χ4v) is 4.30.